The number of aliphatic hydroxyl groups is 1. The van der Waals surface area contributed by atoms with Crippen LogP contribution in [0.2, 0.25) is 0 Å². The molecule has 1 nitrogen and oxygen atoms in total. The first kappa shape index (κ1) is 16.5. The highest BCUT2D eigenvalue weighted by molar-refractivity contribution is 5.29. The summed E-state index contributed by atoms with van der Waals surface area (Å²) in [6, 6.07) is 8.69. The van der Waals surface area contributed by atoms with E-state index in [2.05, 4.69) is 52.0 Å². The molecule has 0 saturated heterocycles. The van der Waals surface area contributed by atoms with E-state index < -0.39 is 5.60 Å². The van der Waals surface area contributed by atoms with Crippen LogP contribution in [-0.2, 0) is 12.0 Å². The second-order valence-corrected chi connectivity index (χ2v) is 7.92. The number of rotatable bonds is 5. The van der Waals surface area contributed by atoms with Crippen LogP contribution in [0.1, 0.15) is 70.9 Å². The number of hydrogen-bond donors (Lipinski definition) is 1. The molecule has 1 saturated carbocycles. The van der Waals surface area contributed by atoms with E-state index in [-0.39, 0.29) is 0 Å². The Bertz CT molecular complexity index is 449. The maximum atomic E-state index is 11.2. The molecule has 0 bridgehead atoms. The molecule has 0 aromatic heterocycles. The van der Waals surface area contributed by atoms with Crippen LogP contribution in [0.3, 0.4) is 0 Å². The third kappa shape index (κ3) is 4.57. The summed E-state index contributed by atoms with van der Waals surface area (Å²) in [6.45, 7) is 9.08. The van der Waals surface area contributed by atoms with Crippen molar-refractivity contribution >= 4 is 0 Å². The minimum Gasteiger partial charge on any atom is -0.385 e. The van der Waals surface area contributed by atoms with E-state index in [1.54, 1.807) is 0 Å². The predicted octanol–water partition coefficient (Wildman–Crippen LogP) is 5.31. The summed E-state index contributed by atoms with van der Waals surface area (Å²) in [5.74, 6) is 2.07. The Hall–Kier alpha value is -0.820. The predicted molar refractivity (Wildman–Crippen MR) is 90.3 cm³/mol. The maximum Gasteiger partial charge on any atom is 0.0899 e. The van der Waals surface area contributed by atoms with Crippen LogP contribution in [0.5, 0.6) is 0 Å². The average molecular weight is 288 g/mol. The lowest BCUT2D eigenvalue weighted by Crippen LogP contribution is -2.33. The molecule has 2 rings (SSSR count). The van der Waals surface area contributed by atoms with Crippen LogP contribution in [0.4, 0.5) is 0 Å². The lowest BCUT2D eigenvalue weighted by Gasteiger charge is -2.38. The summed E-state index contributed by atoms with van der Waals surface area (Å²) >= 11 is 0. The van der Waals surface area contributed by atoms with Gasteiger partial charge in [0.05, 0.1) is 5.60 Å². The van der Waals surface area contributed by atoms with Gasteiger partial charge in [0.2, 0.25) is 0 Å². The van der Waals surface area contributed by atoms with Gasteiger partial charge in [0.15, 0.2) is 0 Å². The van der Waals surface area contributed by atoms with Gasteiger partial charge in [0.25, 0.3) is 0 Å². The van der Waals surface area contributed by atoms with Crippen molar-refractivity contribution in [1.82, 2.24) is 0 Å². The first-order valence-corrected chi connectivity index (χ1v) is 8.71. The molecule has 1 N–H and O–H groups in total. The van der Waals surface area contributed by atoms with Crippen LogP contribution in [0.15, 0.2) is 24.3 Å². The monoisotopic (exact) mass is 288 g/mol. The van der Waals surface area contributed by atoms with Crippen molar-refractivity contribution < 1.29 is 5.11 Å². The lowest BCUT2D eigenvalue weighted by molar-refractivity contribution is -0.0245. The highest BCUT2D eigenvalue weighted by atomic mass is 16.3. The van der Waals surface area contributed by atoms with Crippen LogP contribution in [0, 0.1) is 17.8 Å². The van der Waals surface area contributed by atoms with Gasteiger partial charge in [-0.3, -0.25) is 0 Å². The maximum absolute atomic E-state index is 11.2. The second kappa shape index (κ2) is 6.96. The molecule has 2 unspecified atom stereocenters. The van der Waals surface area contributed by atoms with Crippen molar-refractivity contribution in [1.29, 1.82) is 0 Å². The Kier molecular flexibility index (Phi) is 5.48. The summed E-state index contributed by atoms with van der Waals surface area (Å²) in [6.07, 6.45) is 6.64. The Morgan fingerprint density at radius 1 is 1.19 bits per heavy atom. The molecule has 1 aliphatic rings. The largest absolute Gasteiger partial charge is 0.385 e. The molecule has 1 aromatic carbocycles. The summed E-state index contributed by atoms with van der Waals surface area (Å²) in [5.41, 5.74) is 1.92. The van der Waals surface area contributed by atoms with Gasteiger partial charge >= 0.3 is 0 Å². The fourth-order valence-corrected chi connectivity index (χ4v) is 3.95. The van der Waals surface area contributed by atoms with Crippen LogP contribution >= 0.6 is 0 Å². The van der Waals surface area contributed by atoms with E-state index >= 15 is 0 Å². The summed E-state index contributed by atoms with van der Waals surface area (Å²) < 4.78 is 0. The average Bonchev–Trinajstić information content (AvgIpc) is 2.37. The Labute approximate surface area is 130 Å². The minimum atomic E-state index is -0.592. The third-order valence-electron chi connectivity index (χ3n) is 4.74. The highest BCUT2D eigenvalue weighted by Gasteiger charge is 2.36. The lowest BCUT2D eigenvalue weighted by atomic mass is 9.72. The second-order valence-electron chi connectivity index (χ2n) is 7.92. The molecule has 0 heterocycles. The molecule has 21 heavy (non-hydrogen) atoms. The Morgan fingerprint density at radius 2 is 1.95 bits per heavy atom. The van der Waals surface area contributed by atoms with Gasteiger partial charge in [-0.2, -0.15) is 0 Å². The Balaban J connectivity index is 2.14. The molecule has 118 valence electrons. The van der Waals surface area contributed by atoms with Gasteiger partial charge in [-0.25, -0.2) is 0 Å². The molecule has 1 aliphatic carbocycles. The van der Waals surface area contributed by atoms with Crippen molar-refractivity contribution in [2.45, 2.75) is 71.8 Å². The van der Waals surface area contributed by atoms with Crippen molar-refractivity contribution in [3.8, 4) is 0 Å². The summed E-state index contributed by atoms with van der Waals surface area (Å²) in [5, 5.41) is 11.2. The summed E-state index contributed by atoms with van der Waals surface area (Å²) in [4.78, 5) is 0. The molecule has 2 atom stereocenters. The van der Waals surface area contributed by atoms with E-state index in [0.717, 1.165) is 37.2 Å². The van der Waals surface area contributed by atoms with Crippen LogP contribution in [0.25, 0.3) is 0 Å². The Morgan fingerprint density at radius 3 is 2.62 bits per heavy atom. The van der Waals surface area contributed by atoms with Crippen molar-refractivity contribution in [3.05, 3.63) is 35.4 Å². The van der Waals surface area contributed by atoms with Crippen LogP contribution in [-0.4, -0.2) is 5.11 Å². The molecule has 0 amide bonds. The van der Waals surface area contributed by atoms with Crippen molar-refractivity contribution in [2.75, 3.05) is 0 Å². The van der Waals surface area contributed by atoms with Gasteiger partial charge in [0.1, 0.15) is 0 Å². The standard InChI is InChI=1S/C20H32O/c1-15(2)11-17-7-5-9-19(13-17)20(21)10-6-8-18(14-20)12-16(3)4/h5,7,9,13,15-16,18,21H,6,8,10-12,14H2,1-4H3. The minimum absolute atomic E-state index is 0.592. The van der Waals surface area contributed by atoms with Crippen LogP contribution < -0.4 is 0 Å². The first-order chi connectivity index (χ1) is 9.89. The van der Waals surface area contributed by atoms with E-state index in [4.69, 9.17) is 0 Å². The van der Waals surface area contributed by atoms with E-state index in [1.807, 2.05) is 0 Å². The summed E-state index contributed by atoms with van der Waals surface area (Å²) in [7, 11) is 0. The third-order valence-corrected chi connectivity index (χ3v) is 4.74. The molecule has 1 aromatic rings. The zero-order chi connectivity index (χ0) is 15.5. The number of benzene rings is 1. The van der Waals surface area contributed by atoms with Gasteiger partial charge in [0, 0.05) is 0 Å². The zero-order valence-electron chi connectivity index (χ0n) is 14.2. The van der Waals surface area contributed by atoms with Gasteiger partial charge < -0.3 is 5.11 Å². The van der Waals surface area contributed by atoms with Gasteiger partial charge in [-0.15, -0.1) is 0 Å². The smallest absolute Gasteiger partial charge is 0.0899 e. The topological polar surface area (TPSA) is 20.2 Å². The fourth-order valence-electron chi connectivity index (χ4n) is 3.95. The molecule has 1 heteroatoms. The molecule has 0 aliphatic heterocycles. The first-order valence-electron chi connectivity index (χ1n) is 8.71. The van der Waals surface area contributed by atoms with Crippen molar-refractivity contribution in [2.24, 2.45) is 17.8 Å². The highest BCUT2D eigenvalue weighted by Crippen LogP contribution is 2.42. The number of hydrogen-bond acceptors (Lipinski definition) is 1. The molecule has 1 fully saturated rings. The van der Waals surface area contributed by atoms with E-state index in [1.165, 1.54) is 18.4 Å². The van der Waals surface area contributed by atoms with Gasteiger partial charge in [-0.1, -0.05) is 58.4 Å². The normalized spacial score (nSPS) is 26.5. The van der Waals surface area contributed by atoms with Crippen molar-refractivity contribution in [3.63, 3.8) is 0 Å². The van der Waals surface area contributed by atoms with E-state index in [9.17, 15) is 5.11 Å². The quantitative estimate of drug-likeness (QED) is 0.778. The molecular formula is C20H32O. The fraction of sp³-hybridized carbons (Fsp3) is 0.700. The molecular weight excluding hydrogens is 256 g/mol. The zero-order valence-corrected chi connectivity index (χ0v) is 14.2. The van der Waals surface area contributed by atoms with Gasteiger partial charge in [-0.05, 0) is 61.0 Å². The van der Waals surface area contributed by atoms with E-state index in [0.29, 0.717) is 11.8 Å². The molecule has 0 spiro atoms. The SMILES string of the molecule is CC(C)Cc1cccc(C2(O)CCCC(CC(C)C)C2)c1. The molecule has 0 radical (unpaired) electrons.